The Morgan fingerprint density at radius 3 is 2.96 bits per heavy atom. The van der Waals surface area contributed by atoms with Gasteiger partial charge in [-0.15, -0.1) is 16.4 Å². The number of rotatable bonds is 4. The highest BCUT2D eigenvalue weighted by molar-refractivity contribution is 7.13. The standard InChI is InChI=1S/C17H16N6S/c1-12-4-3-5-13(8-12)17-19-14(11-24-17)9-23-10-15(20-21-23)16-18-6-7-22(16)2/h3-8,10-11H,9H2,1-2H3. The van der Waals surface area contributed by atoms with E-state index >= 15 is 0 Å². The lowest BCUT2D eigenvalue weighted by Gasteiger charge is -1.98. The Morgan fingerprint density at radius 2 is 2.17 bits per heavy atom. The fourth-order valence-electron chi connectivity index (χ4n) is 2.55. The summed E-state index contributed by atoms with van der Waals surface area (Å²) in [5, 5.41) is 11.5. The molecule has 0 aliphatic heterocycles. The number of hydrogen-bond acceptors (Lipinski definition) is 5. The van der Waals surface area contributed by atoms with Gasteiger partial charge in [-0.3, -0.25) is 0 Å². The summed E-state index contributed by atoms with van der Waals surface area (Å²) in [6, 6.07) is 8.39. The molecular formula is C17H16N6S. The second-order valence-electron chi connectivity index (χ2n) is 5.68. The van der Waals surface area contributed by atoms with Crippen LogP contribution in [0.4, 0.5) is 0 Å². The van der Waals surface area contributed by atoms with Crippen LogP contribution in [-0.2, 0) is 13.6 Å². The van der Waals surface area contributed by atoms with E-state index in [0.717, 1.165) is 27.8 Å². The fraction of sp³-hybridized carbons (Fsp3) is 0.176. The molecular weight excluding hydrogens is 320 g/mol. The van der Waals surface area contributed by atoms with Gasteiger partial charge < -0.3 is 4.57 Å². The molecule has 0 aliphatic carbocycles. The third-order valence-corrected chi connectivity index (χ3v) is 4.67. The minimum atomic E-state index is 0.597. The minimum Gasteiger partial charge on any atom is -0.333 e. The number of thiazole rings is 1. The highest BCUT2D eigenvalue weighted by Crippen LogP contribution is 2.24. The van der Waals surface area contributed by atoms with E-state index in [-0.39, 0.29) is 0 Å². The van der Waals surface area contributed by atoms with Crippen molar-refractivity contribution >= 4 is 11.3 Å². The average Bonchev–Trinajstić information content (AvgIpc) is 3.29. The number of aryl methyl sites for hydroxylation is 2. The van der Waals surface area contributed by atoms with Crippen LogP contribution in [-0.4, -0.2) is 29.5 Å². The molecule has 0 aliphatic rings. The van der Waals surface area contributed by atoms with Crippen LogP contribution < -0.4 is 0 Å². The van der Waals surface area contributed by atoms with E-state index in [1.807, 2.05) is 24.0 Å². The zero-order chi connectivity index (χ0) is 16.5. The second-order valence-corrected chi connectivity index (χ2v) is 6.53. The molecule has 0 atom stereocenters. The van der Waals surface area contributed by atoms with E-state index in [1.54, 1.807) is 22.2 Å². The SMILES string of the molecule is Cc1cccc(-c2nc(Cn3cc(-c4nccn4C)nn3)cs2)c1. The van der Waals surface area contributed by atoms with Crippen molar-refractivity contribution in [2.75, 3.05) is 0 Å². The van der Waals surface area contributed by atoms with E-state index in [1.165, 1.54) is 5.56 Å². The normalized spacial score (nSPS) is 11.1. The maximum absolute atomic E-state index is 4.72. The van der Waals surface area contributed by atoms with Crippen molar-refractivity contribution in [2.45, 2.75) is 13.5 Å². The first-order chi connectivity index (χ1) is 11.7. The summed E-state index contributed by atoms with van der Waals surface area (Å²) in [6.45, 7) is 2.69. The van der Waals surface area contributed by atoms with E-state index in [0.29, 0.717) is 6.54 Å². The molecule has 0 spiro atoms. The van der Waals surface area contributed by atoms with Gasteiger partial charge in [-0.25, -0.2) is 14.6 Å². The molecule has 24 heavy (non-hydrogen) atoms. The predicted molar refractivity (Wildman–Crippen MR) is 93.6 cm³/mol. The van der Waals surface area contributed by atoms with Gasteiger partial charge in [0.2, 0.25) is 0 Å². The van der Waals surface area contributed by atoms with Gasteiger partial charge in [0.05, 0.1) is 18.4 Å². The van der Waals surface area contributed by atoms with Crippen molar-refractivity contribution in [3.8, 4) is 22.1 Å². The van der Waals surface area contributed by atoms with E-state index < -0.39 is 0 Å². The Morgan fingerprint density at radius 1 is 1.25 bits per heavy atom. The summed E-state index contributed by atoms with van der Waals surface area (Å²) in [5.74, 6) is 0.806. The summed E-state index contributed by atoms with van der Waals surface area (Å²) < 4.78 is 3.71. The molecule has 0 amide bonds. The van der Waals surface area contributed by atoms with Crippen molar-refractivity contribution in [1.29, 1.82) is 0 Å². The van der Waals surface area contributed by atoms with Gasteiger partial charge in [-0.05, 0) is 13.0 Å². The molecule has 4 aromatic rings. The van der Waals surface area contributed by atoms with E-state index in [9.17, 15) is 0 Å². The van der Waals surface area contributed by atoms with E-state index in [4.69, 9.17) is 4.98 Å². The molecule has 120 valence electrons. The first kappa shape index (κ1) is 14.8. The van der Waals surface area contributed by atoms with Crippen molar-refractivity contribution in [2.24, 2.45) is 7.05 Å². The molecule has 0 radical (unpaired) electrons. The van der Waals surface area contributed by atoms with Crippen molar-refractivity contribution < 1.29 is 0 Å². The average molecular weight is 336 g/mol. The summed E-state index contributed by atoms with van der Waals surface area (Å²) in [7, 11) is 1.94. The minimum absolute atomic E-state index is 0.597. The van der Waals surface area contributed by atoms with Crippen LogP contribution in [0.15, 0.2) is 48.2 Å². The van der Waals surface area contributed by atoms with Gasteiger partial charge in [-0.2, -0.15) is 0 Å². The molecule has 1 aromatic carbocycles. The smallest absolute Gasteiger partial charge is 0.161 e. The third kappa shape index (κ3) is 2.85. The zero-order valence-electron chi connectivity index (χ0n) is 13.4. The predicted octanol–water partition coefficient (Wildman–Crippen LogP) is 3.16. The number of imidazole rings is 1. The molecule has 3 heterocycles. The monoisotopic (exact) mass is 336 g/mol. The quantitative estimate of drug-likeness (QED) is 0.574. The maximum atomic E-state index is 4.72. The highest BCUT2D eigenvalue weighted by atomic mass is 32.1. The Hall–Kier alpha value is -2.80. The van der Waals surface area contributed by atoms with Crippen molar-refractivity contribution in [3.63, 3.8) is 0 Å². The highest BCUT2D eigenvalue weighted by Gasteiger charge is 2.10. The molecule has 3 aromatic heterocycles. The van der Waals surface area contributed by atoms with Crippen LogP contribution in [0.1, 0.15) is 11.3 Å². The summed E-state index contributed by atoms with van der Waals surface area (Å²) in [6.07, 6.45) is 5.54. The Bertz CT molecular complexity index is 980. The van der Waals surface area contributed by atoms with Gasteiger partial charge in [0.15, 0.2) is 5.82 Å². The lowest BCUT2D eigenvalue weighted by Crippen LogP contribution is -2.00. The van der Waals surface area contributed by atoms with Crippen LogP contribution in [0.2, 0.25) is 0 Å². The second kappa shape index (κ2) is 6.01. The molecule has 0 bridgehead atoms. The first-order valence-electron chi connectivity index (χ1n) is 7.58. The topological polar surface area (TPSA) is 61.4 Å². The van der Waals surface area contributed by atoms with Crippen molar-refractivity contribution in [1.82, 2.24) is 29.5 Å². The lowest BCUT2D eigenvalue weighted by atomic mass is 10.1. The molecule has 7 heteroatoms. The van der Waals surface area contributed by atoms with Crippen LogP contribution in [0.5, 0.6) is 0 Å². The van der Waals surface area contributed by atoms with Crippen molar-refractivity contribution in [3.05, 3.63) is 59.5 Å². The summed E-state index contributed by atoms with van der Waals surface area (Å²) >= 11 is 1.65. The Labute approximate surface area is 143 Å². The Balaban J connectivity index is 1.55. The zero-order valence-corrected chi connectivity index (χ0v) is 14.2. The maximum Gasteiger partial charge on any atom is 0.161 e. The van der Waals surface area contributed by atoms with E-state index in [2.05, 4.69) is 51.9 Å². The molecule has 0 saturated carbocycles. The number of benzene rings is 1. The van der Waals surface area contributed by atoms with Gasteiger partial charge in [0.25, 0.3) is 0 Å². The fourth-order valence-corrected chi connectivity index (χ4v) is 3.35. The lowest BCUT2D eigenvalue weighted by molar-refractivity contribution is 0.641. The van der Waals surface area contributed by atoms with Gasteiger partial charge >= 0.3 is 0 Å². The number of nitrogens with zero attached hydrogens (tertiary/aromatic N) is 6. The number of hydrogen-bond donors (Lipinski definition) is 0. The molecule has 6 nitrogen and oxygen atoms in total. The first-order valence-corrected chi connectivity index (χ1v) is 8.46. The van der Waals surface area contributed by atoms with Gasteiger partial charge in [0.1, 0.15) is 10.7 Å². The van der Waals surface area contributed by atoms with Crippen LogP contribution in [0, 0.1) is 6.92 Å². The van der Waals surface area contributed by atoms with Gasteiger partial charge in [0, 0.05) is 30.4 Å². The van der Waals surface area contributed by atoms with Crippen LogP contribution in [0.25, 0.3) is 22.1 Å². The summed E-state index contributed by atoms with van der Waals surface area (Å²) in [4.78, 5) is 9.01. The molecule has 4 rings (SSSR count). The Kier molecular flexibility index (Phi) is 3.70. The van der Waals surface area contributed by atoms with Gasteiger partial charge in [-0.1, -0.05) is 29.0 Å². The van der Waals surface area contributed by atoms with Crippen LogP contribution >= 0.6 is 11.3 Å². The molecule has 0 N–H and O–H groups in total. The van der Waals surface area contributed by atoms with Crippen LogP contribution in [0.3, 0.4) is 0 Å². The largest absolute Gasteiger partial charge is 0.333 e. The number of aromatic nitrogens is 6. The molecule has 0 saturated heterocycles. The molecule has 0 fully saturated rings. The summed E-state index contributed by atoms with van der Waals surface area (Å²) in [5.41, 5.74) is 4.13. The third-order valence-electron chi connectivity index (χ3n) is 3.73. The molecule has 0 unspecified atom stereocenters.